The fourth-order valence-electron chi connectivity index (χ4n) is 5.54. The molecular weight excluding hydrogens is 282 g/mol. The highest BCUT2D eigenvalue weighted by atomic mass is 16.5. The van der Waals surface area contributed by atoms with Gasteiger partial charge in [-0.2, -0.15) is 0 Å². The van der Waals surface area contributed by atoms with Gasteiger partial charge in [0.2, 0.25) is 0 Å². The van der Waals surface area contributed by atoms with E-state index in [0.717, 1.165) is 24.1 Å². The van der Waals surface area contributed by atoms with Crippen molar-refractivity contribution >= 4 is 5.78 Å². The van der Waals surface area contributed by atoms with Crippen molar-refractivity contribution in [1.82, 2.24) is 4.90 Å². The average molecular weight is 301 g/mol. The third-order valence-electron chi connectivity index (χ3n) is 6.53. The molecule has 5 heteroatoms. The summed E-state index contributed by atoms with van der Waals surface area (Å²) >= 11 is 0. The third-order valence-corrected chi connectivity index (χ3v) is 6.53. The molecule has 4 atom stereocenters. The lowest BCUT2D eigenvalue weighted by Crippen LogP contribution is -2.76. The van der Waals surface area contributed by atoms with Crippen molar-refractivity contribution in [3.8, 4) is 11.5 Å². The monoisotopic (exact) mass is 301 g/mol. The lowest BCUT2D eigenvalue weighted by molar-refractivity contribution is -0.185. The van der Waals surface area contributed by atoms with E-state index in [2.05, 4.69) is 4.90 Å². The fourth-order valence-corrected chi connectivity index (χ4v) is 5.54. The molecule has 0 amide bonds. The number of phenolic OH excluding ortho intramolecular Hbond substituents is 1. The minimum absolute atomic E-state index is 0.00319. The summed E-state index contributed by atoms with van der Waals surface area (Å²) in [4.78, 5) is 14.7. The number of likely N-dealkylation sites (N-methyl/N-ethyl adjacent to an activating group) is 1. The van der Waals surface area contributed by atoms with Crippen LogP contribution in [0.1, 0.15) is 30.4 Å². The molecule has 2 fully saturated rings. The van der Waals surface area contributed by atoms with Crippen molar-refractivity contribution in [2.45, 2.75) is 48.8 Å². The average Bonchev–Trinajstić information content (AvgIpc) is 2.85. The van der Waals surface area contributed by atoms with Crippen LogP contribution in [0.5, 0.6) is 11.5 Å². The number of carbonyl (C=O) groups is 1. The number of ether oxygens (including phenoxy) is 1. The van der Waals surface area contributed by atoms with Crippen LogP contribution in [-0.4, -0.2) is 52.2 Å². The molecule has 5 rings (SSSR count). The van der Waals surface area contributed by atoms with Gasteiger partial charge in [0.05, 0.1) is 11.0 Å². The van der Waals surface area contributed by atoms with Crippen LogP contribution in [0.15, 0.2) is 12.1 Å². The molecule has 1 spiro atoms. The second kappa shape index (κ2) is 3.66. The van der Waals surface area contributed by atoms with Gasteiger partial charge in [-0.3, -0.25) is 4.79 Å². The van der Waals surface area contributed by atoms with Gasteiger partial charge in [0, 0.05) is 18.0 Å². The molecule has 2 bridgehead atoms. The smallest absolute Gasteiger partial charge is 0.174 e. The van der Waals surface area contributed by atoms with E-state index >= 15 is 0 Å². The van der Waals surface area contributed by atoms with Crippen LogP contribution in [0.3, 0.4) is 0 Å². The summed E-state index contributed by atoms with van der Waals surface area (Å²) in [6.45, 7) is 0.828. The van der Waals surface area contributed by atoms with Crippen molar-refractivity contribution in [1.29, 1.82) is 0 Å². The summed E-state index contributed by atoms with van der Waals surface area (Å²) < 4.78 is 5.94. The predicted molar refractivity (Wildman–Crippen MR) is 78.1 cm³/mol. The van der Waals surface area contributed by atoms with E-state index in [9.17, 15) is 15.0 Å². The number of Topliss-reactive ketones (excluding diaryl/α,β-unsaturated/α-hetero) is 1. The molecule has 2 aliphatic carbocycles. The molecule has 2 N–H and O–H groups in total. The number of likely N-dealkylation sites (tertiary alicyclic amines) is 1. The zero-order valence-corrected chi connectivity index (χ0v) is 12.5. The Balaban J connectivity index is 1.88. The van der Waals surface area contributed by atoms with Gasteiger partial charge in [0.15, 0.2) is 23.4 Å². The fraction of sp³-hybridized carbons (Fsp3) is 0.588. The molecule has 22 heavy (non-hydrogen) atoms. The van der Waals surface area contributed by atoms with Crippen molar-refractivity contribution in [2.75, 3.05) is 13.6 Å². The number of hydrogen-bond acceptors (Lipinski definition) is 5. The number of piperidine rings is 1. The van der Waals surface area contributed by atoms with Crippen LogP contribution in [0.2, 0.25) is 0 Å². The zero-order chi connectivity index (χ0) is 15.3. The zero-order valence-electron chi connectivity index (χ0n) is 12.5. The lowest BCUT2D eigenvalue weighted by Gasteiger charge is -2.61. The van der Waals surface area contributed by atoms with Gasteiger partial charge in [0.25, 0.3) is 0 Å². The second-order valence-electron chi connectivity index (χ2n) is 7.26. The minimum atomic E-state index is -0.954. The Hall–Kier alpha value is -1.59. The summed E-state index contributed by atoms with van der Waals surface area (Å²) in [6.07, 6.45) is 1.61. The highest BCUT2D eigenvalue weighted by molar-refractivity contribution is 5.90. The number of carbonyl (C=O) groups excluding carboxylic acids is 1. The van der Waals surface area contributed by atoms with Crippen LogP contribution in [0.4, 0.5) is 0 Å². The topological polar surface area (TPSA) is 70.0 Å². The van der Waals surface area contributed by atoms with Gasteiger partial charge in [-0.1, -0.05) is 6.07 Å². The Morgan fingerprint density at radius 3 is 3.00 bits per heavy atom. The van der Waals surface area contributed by atoms with Crippen LogP contribution in [-0.2, 0) is 16.6 Å². The first-order valence-electron chi connectivity index (χ1n) is 7.96. The van der Waals surface area contributed by atoms with Crippen LogP contribution in [0, 0.1) is 0 Å². The Morgan fingerprint density at radius 2 is 2.18 bits per heavy atom. The van der Waals surface area contributed by atoms with Gasteiger partial charge in [-0.25, -0.2) is 0 Å². The summed E-state index contributed by atoms with van der Waals surface area (Å²) in [5.41, 5.74) is 0.370. The maximum atomic E-state index is 12.5. The second-order valence-corrected chi connectivity index (χ2v) is 7.26. The molecule has 5 nitrogen and oxygen atoms in total. The van der Waals surface area contributed by atoms with Crippen LogP contribution in [0.25, 0.3) is 0 Å². The number of hydrogen-bond donors (Lipinski definition) is 2. The number of aromatic hydroxyl groups is 1. The quantitative estimate of drug-likeness (QED) is 0.740. The lowest BCUT2D eigenvalue weighted by atomic mass is 9.49. The van der Waals surface area contributed by atoms with E-state index in [1.807, 2.05) is 13.1 Å². The van der Waals surface area contributed by atoms with Gasteiger partial charge in [0.1, 0.15) is 0 Å². The number of ketones is 1. The third kappa shape index (κ3) is 1.13. The molecule has 4 aliphatic rings. The van der Waals surface area contributed by atoms with E-state index in [0.29, 0.717) is 25.0 Å². The Kier molecular flexibility index (Phi) is 2.15. The molecule has 2 heterocycles. The maximum absolute atomic E-state index is 12.5. The van der Waals surface area contributed by atoms with E-state index in [4.69, 9.17) is 4.74 Å². The van der Waals surface area contributed by atoms with Crippen molar-refractivity contribution < 1.29 is 19.7 Å². The van der Waals surface area contributed by atoms with Crippen molar-refractivity contribution in [2.24, 2.45) is 0 Å². The Labute approximate surface area is 128 Å². The largest absolute Gasteiger partial charge is 0.504 e. The summed E-state index contributed by atoms with van der Waals surface area (Å²) in [7, 11) is 2.04. The molecular formula is C17H19NO4. The van der Waals surface area contributed by atoms with E-state index < -0.39 is 17.1 Å². The Morgan fingerprint density at radius 1 is 1.36 bits per heavy atom. The van der Waals surface area contributed by atoms with Crippen LogP contribution >= 0.6 is 0 Å². The summed E-state index contributed by atoms with van der Waals surface area (Å²) in [5, 5.41) is 21.8. The number of rotatable bonds is 0. The number of aliphatic hydroxyl groups is 1. The SMILES string of the molecule is CN1CC[C@]23c4c5ccc(O)c4O[C@@H]2C(=O)CCC3(O)C1C5. The predicted octanol–water partition coefficient (Wildman–Crippen LogP) is 0.745. The molecule has 2 unspecified atom stereocenters. The van der Waals surface area contributed by atoms with Gasteiger partial charge < -0.3 is 19.8 Å². The number of nitrogens with zero attached hydrogens (tertiary/aromatic N) is 1. The van der Waals surface area contributed by atoms with E-state index in [1.54, 1.807) is 6.07 Å². The molecule has 0 radical (unpaired) electrons. The minimum Gasteiger partial charge on any atom is -0.504 e. The van der Waals surface area contributed by atoms with E-state index in [1.165, 1.54) is 0 Å². The first-order chi connectivity index (χ1) is 10.5. The van der Waals surface area contributed by atoms with Crippen molar-refractivity contribution in [3.63, 3.8) is 0 Å². The summed E-state index contributed by atoms with van der Waals surface area (Å²) in [6, 6.07) is 3.57. The normalized spacial score (nSPS) is 42.0. The van der Waals surface area contributed by atoms with Crippen LogP contribution < -0.4 is 4.74 Å². The van der Waals surface area contributed by atoms with Gasteiger partial charge >= 0.3 is 0 Å². The summed E-state index contributed by atoms with van der Waals surface area (Å²) in [5.74, 6) is 0.561. The molecule has 1 aromatic rings. The molecule has 0 aromatic heterocycles. The molecule has 1 saturated heterocycles. The maximum Gasteiger partial charge on any atom is 0.174 e. The number of phenols is 1. The van der Waals surface area contributed by atoms with E-state index in [-0.39, 0.29) is 17.6 Å². The molecule has 1 aromatic carbocycles. The molecule has 1 saturated carbocycles. The molecule has 116 valence electrons. The first kappa shape index (κ1) is 12.9. The molecule has 2 aliphatic heterocycles. The highest BCUT2D eigenvalue weighted by Crippen LogP contribution is 2.64. The highest BCUT2D eigenvalue weighted by Gasteiger charge is 2.72. The van der Waals surface area contributed by atoms with Gasteiger partial charge in [-0.15, -0.1) is 0 Å². The Bertz CT molecular complexity index is 717. The number of benzene rings is 1. The standard InChI is InChI=1S/C17H19NO4/c1-18-7-6-16-13-9-2-3-10(19)14(13)22-15(16)11(20)4-5-17(16,21)12(18)8-9/h2-3,12,15,19,21H,4-8H2,1H3/t12?,15-,16+,17?/m1/s1. The van der Waals surface area contributed by atoms with Gasteiger partial charge in [-0.05, 0) is 44.5 Å². The first-order valence-corrected chi connectivity index (χ1v) is 7.96. The van der Waals surface area contributed by atoms with Crippen molar-refractivity contribution in [3.05, 3.63) is 23.3 Å².